The van der Waals surface area contributed by atoms with Crippen molar-refractivity contribution in [3.63, 3.8) is 0 Å². The molecule has 0 atom stereocenters. The van der Waals surface area contributed by atoms with Gasteiger partial charge < -0.3 is 10.1 Å². The van der Waals surface area contributed by atoms with Gasteiger partial charge in [-0.05, 0) is 29.3 Å². The molecule has 0 bridgehead atoms. The van der Waals surface area contributed by atoms with Gasteiger partial charge in [0.2, 0.25) is 0 Å². The van der Waals surface area contributed by atoms with Gasteiger partial charge in [-0.2, -0.15) is 0 Å². The van der Waals surface area contributed by atoms with E-state index in [0.717, 1.165) is 16.8 Å². The summed E-state index contributed by atoms with van der Waals surface area (Å²) >= 11 is 0. The third-order valence-corrected chi connectivity index (χ3v) is 4.20. The summed E-state index contributed by atoms with van der Waals surface area (Å²) in [7, 11) is -1.50. The first-order valence-electron chi connectivity index (χ1n) is 6.60. The fourth-order valence-corrected chi connectivity index (χ4v) is 2.63. The average molecular weight is 305 g/mol. The number of hydrogen-bond donors (Lipinski definition) is 1. The van der Waals surface area contributed by atoms with E-state index < -0.39 is 9.84 Å². The Morgan fingerprint density at radius 2 is 1.71 bits per heavy atom. The van der Waals surface area contributed by atoms with E-state index in [1.807, 2.05) is 30.3 Å². The normalized spacial score (nSPS) is 11.3. The molecular formula is C16H19NO3S. The van der Waals surface area contributed by atoms with Gasteiger partial charge in [0.15, 0.2) is 9.84 Å². The number of sulfone groups is 1. The molecule has 0 spiro atoms. The SMILES string of the molecule is COCc1ccc(CNc2cccc(S(C)(=O)=O)c2)cc1. The topological polar surface area (TPSA) is 55.4 Å². The molecule has 2 aromatic carbocycles. The minimum absolute atomic E-state index is 0.322. The van der Waals surface area contributed by atoms with Gasteiger partial charge in [-0.3, -0.25) is 0 Å². The summed E-state index contributed by atoms with van der Waals surface area (Å²) < 4.78 is 28.1. The molecule has 4 nitrogen and oxygen atoms in total. The molecule has 1 N–H and O–H groups in total. The fourth-order valence-electron chi connectivity index (χ4n) is 1.96. The van der Waals surface area contributed by atoms with Crippen LogP contribution >= 0.6 is 0 Å². The molecule has 0 aliphatic rings. The summed E-state index contributed by atoms with van der Waals surface area (Å²) in [6.45, 7) is 1.24. The van der Waals surface area contributed by atoms with Crippen LogP contribution in [0.25, 0.3) is 0 Å². The molecule has 2 aromatic rings. The van der Waals surface area contributed by atoms with Crippen LogP contribution in [0.5, 0.6) is 0 Å². The van der Waals surface area contributed by atoms with E-state index in [0.29, 0.717) is 18.0 Å². The van der Waals surface area contributed by atoms with E-state index in [1.54, 1.807) is 25.3 Å². The smallest absolute Gasteiger partial charge is 0.175 e. The third kappa shape index (κ3) is 4.58. The molecule has 0 fully saturated rings. The second-order valence-electron chi connectivity index (χ2n) is 4.90. The predicted octanol–water partition coefficient (Wildman–Crippen LogP) is 2.85. The van der Waals surface area contributed by atoms with Gasteiger partial charge in [-0.15, -0.1) is 0 Å². The van der Waals surface area contributed by atoms with E-state index >= 15 is 0 Å². The van der Waals surface area contributed by atoms with Gasteiger partial charge in [0.1, 0.15) is 0 Å². The lowest BCUT2D eigenvalue weighted by molar-refractivity contribution is 0.185. The largest absolute Gasteiger partial charge is 0.381 e. The van der Waals surface area contributed by atoms with Crippen molar-refractivity contribution in [2.75, 3.05) is 18.7 Å². The minimum Gasteiger partial charge on any atom is -0.381 e. The van der Waals surface area contributed by atoms with Crippen LogP contribution in [0, 0.1) is 0 Å². The Labute approximate surface area is 125 Å². The van der Waals surface area contributed by atoms with E-state index in [9.17, 15) is 8.42 Å². The van der Waals surface area contributed by atoms with Gasteiger partial charge in [0.25, 0.3) is 0 Å². The Morgan fingerprint density at radius 1 is 1.05 bits per heavy atom. The molecule has 0 aromatic heterocycles. The Morgan fingerprint density at radius 3 is 2.33 bits per heavy atom. The Kier molecular flexibility index (Phi) is 4.98. The molecule has 0 radical (unpaired) electrons. The zero-order valence-electron chi connectivity index (χ0n) is 12.2. The van der Waals surface area contributed by atoms with Gasteiger partial charge in [-0.25, -0.2) is 8.42 Å². The van der Waals surface area contributed by atoms with E-state index in [4.69, 9.17) is 4.74 Å². The first-order chi connectivity index (χ1) is 9.99. The lowest BCUT2D eigenvalue weighted by Gasteiger charge is -2.08. The molecule has 0 amide bonds. The van der Waals surface area contributed by atoms with Gasteiger partial charge in [0, 0.05) is 25.6 Å². The molecular weight excluding hydrogens is 286 g/mol. The highest BCUT2D eigenvalue weighted by atomic mass is 32.2. The molecule has 2 rings (SSSR count). The maximum atomic E-state index is 11.5. The van der Waals surface area contributed by atoms with Crippen molar-refractivity contribution in [1.82, 2.24) is 0 Å². The third-order valence-electron chi connectivity index (χ3n) is 3.09. The van der Waals surface area contributed by atoms with Crippen LogP contribution in [0.2, 0.25) is 0 Å². The van der Waals surface area contributed by atoms with Gasteiger partial charge in [0.05, 0.1) is 11.5 Å². The Bertz CT molecular complexity index is 694. The predicted molar refractivity (Wildman–Crippen MR) is 84.0 cm³/mol. The van der Waals surface area contributed by atoms with E-state index in [1.165, 1.54) is 6.26 Å². The van der Waals surface area contributed by atoms with Crippen molar-refractivity contribution in [3.8, 4) is 0 Å². The van der Waals surface area contributed by atoms with Crippen LogP contribution < -0.4 is 5.32 Å². The maximum Gasteiger partial charge on any atom is 0.175 e. The second-order valence-corrected chi connectivity index (χ2v) is 6.92. The monoisotopic (exact) mass is 305 g/mol. The number of anilines is 1. The van der Waals surface area contributed by atoms with Crippen molar-refractivity contribution in [1.29, 1.82) is 0 Å². The van der Waals surface area contributed by atoms with Crippen LogP contribution in [0.1, 0.15) is 11.1 Å². The highest BCUT2D eigenvalue weighted by Crippen LogP contribution is 2.16. The molecule has 21 heavy (non-hydrogen) atoms. The Hall–Kier alpha value is -1.85. The number of benzene rings is 2. The standard InChI is InChI=1S/C16H19NO3S/c1-20-12-14-8-6-13(7-9-14)11-17-15-4-3-5-16(10-15)21(2,18)19/h3-10,17H,11-12H2,1-2H3. The van der Waals surface area contributed by atoms with Crippen molar-refractivity contribution in [3.05, 3.63) is 59.7 Å². The Balaban J connectivity index is 2.03. The maximum absolute atomic E-state index is 11.5. The quantitative estimate of drug-likeness (QED) is 0.891. The van der Waals surface area contributed by atoms with Crippen molar-refractivity contribution < 1.29 is 13.2 Å². The number of rotatable bonds is 6. The van der Waals surface area contributed by atoms with Crippen molar-refractivity contribution >= 4 is 15.5 Å². The van der Waals surface area contributed by atoms with Crippen LogP contribution in [-0.2, 0) is 27.7 Å². The van der Waals surface area contributed by atoms with Crippen LogP contribution in [0.3, 0.4) is 0 Å². The summed E-state index contributed by atoms with van der Waals surface area (Å²) in [5, 5.41) is 3.23. The van der Waals surface area contributed by atoms with Gasteiger partial charge >= 0.3 is 0 Å². The molecule has 5 heteroatoms. The summed E-state index contributed by atoms with van der Waals surface area (Å²) in [5.74, 6) is 0. The number of ether oxygens (including phenoxy) is 1. The number of methoxy groups -OCH3 is 1. The highest BCUT2D eigenvalue weighted by molar-refractivity contribution is 7.90. The summed E-state index contributed by atoms with van der Waals surface area (Å²) in [5.41, 5.74) is 3.04. The van der Waals surface area contributed by atoms with Crippen molar-refractivity contribution in [2.45, 2.75) is 18.0 Å². The highest BCUT2D eigenvalue weighted by Gasteiger charge is 2.07. The average Bonchev–Trinajstić information content (AvgIpc) is 2.46. The zero-order chi connectivity index (χ0) is 15.3. The fraction of sp³-hybridized carbons (Fsp3) is 0.250. The van der Waals surface area contributed by atoms with Crippen LogP contribution in [0.15, 0.2) is 53.4 Å². The summed E-state index contributed by atoms with van der Waals surface area (Å²) in [6, 6.07) is 14.9. The second kappa shape index (κ2) is 6.74. The molecule has 0 heterocycles. The molecule has 0 aliphatic heterocycles. The van der Waals surface area contributed by atoms with Gasteiger partial charge in [-0.1, -0.05) is 30.3 Å². The lowest BCUT2D eigenvalue weighted by Crippen LogP contribution is -2.02. The zero-order valence-corrected chi connectivity index (χ0v) is 13.0. The minimum atomic E-state index is -3.17. The molecule has 0 aliphatic carbocycles. The summed E-state index contributed by atoms with van der Waals surface area (Å²) in [4.78, 5) is 0.322. The molecule has 0 saturated heterocycles. The van der Waals surface area contributed by atoms with Crippen LogP contribution in [0.4, 0.5) is 5.69 Å². The number of nitrogens with one attached hydrogen (secondary N) is 1. The van der Waals surface area contributed by atoms with E-state index in [-0.39, 0.29) is 0 Å². The van der Waals surface area contributed by atoms with E-state index in [2.05, 4.69) is 5.32 Å². The van der Waals surface area contributed by atoms with Crippen LogP contribution in [-0.4, -0.2) is 21.8 Å². The molecule has 112 valence electrons. The lowest BCUT2D eigenvalue weighted by atomic mass is 10.1. The summed E-state index contributed by atoms with van der Waals surface area (Å²) in [6.07, 6.45) is 1.21. The molecule has 0 saturated carbocycles. The first-order valence-corrected chi connectivity index (χ1v) is 8.49. The molecule has 0 unspecified atom stereocenters. The first kappa shape index (κ1) is 15.5. The number of hydrogen-bond acceptors (Lipinski definition) is 4. The van der Waals surface area contributed by atoms with Crippen molar-refractivity contribution in [2.24, 2.45) is 0 Å².